The maximum atomic E-state index is 11.8. The van der Waals surface area contributed by atoms with Crippen molar-refractivity contribution in [3.63, 3.8) is 0 Å². The minimum absolute atomic E-state index is 0.181. The van der Waals surface area contributed by atoms with Gasteiger partial charge in [-0.25, -0.2) is 0 Å². The smallest absolute Gasteiger partial charge is 0.251 e. The van der Waals surface area contributed by atoms with Crippen LogP contribution in [0.2, 0.25) is 0 Å². The molecule has 0 unspecified atom stereocenters. The van der Waals surface area contributed by atoms with Crippen molar-refractivity contribution in [2.45, 2.75) is 0 Å². The molecule has 0 atom stereocenters. The molecule has 0 heterocycles. The van der Waals surface area contributed by atoms with E-state index in [-0.39, 0.29) is 5.91 Å². The van der Waals surface area contributed by atoms with Crippen LogP contribution in [-0.2, 0) is 0 Å². The molecule has 0 aromatic heterocycles. The van der Waals surface area contributed by atoms with E-state index in [0.717, 1.165) is 12.0 Å². The highest BCUT2D eigenvalue weighted by Crippen LogP contribution is 2.07. The summed E-state index contributed by atoms with van der Waals surface area (Å²) >= 11 is 0. The Hall–Kier alpha value is -2.62. The lowest BCUT2D eigenvalue weighted by Crippen LogP contribution is -2.28. The summed E-state index contributed by atoms with van der Waals surface area (Å²) in [6, 6.07) is 15.9. The van der Waals surface area contributed by atoms with E-state index in [9.17, 15) is 9.59 Å². The number of rotatable bonds is 6. The molecule has 1 N–H and O–H groups in total. The van der Waals surface area contributed by atoms with Crippen LogP contribution in [0.5, 0.6) is 5.75 Å². The van der Waals surface area contributed by atoms with E-state index in [2.05, 4.69) is 5.32 Å². The lowest BCUT2D eigenvalue weighted by Gasteiger charge is -2.07. The number of ether oxygens (including phenoxy) is 1. The number of benzene rings is 2. The third kappa shape index (κ3) is 3.95. The molecule has 2 aromatic carbocycles. The van der Waals surface area contributed by atoms with Gasteiger partial charge in [0.1, 0.15) is 18.6 Å². The third-order valence-corrected chi connectivity index (χ3v) is 2.71. The van der Waals surface area contributed by atoms with E-state index in [4.69, 9.17) is 4.74 Å². The molecule has 4 nitrogen and oxygen atoms in total. The second-order valence-corrected chi connectivity index (χ2v) is 4.16. The molecule has 0 saturated carbocycles. The van der Waals surface area contributed by atoms with Gasteiger partial charge >= 0.3 is 0 Å². The Balaban J connectivity index is 1.76. The van der Waals surface area contributed by atoms with Crippen LogP contribution in [-0.4, -0.2) is 25.3 Å². The molecule has 1 amide bonds. The van der Waals surface area contributed by atoms with Gasteiger partial charge in [0.25, 0.3) is 5.91 Å². The van der Waals surface area contributed by atoms with Crippen LogP contribution in [0.4, 0.5) is 0 Å². The molecular formula is C16H15NO3. The Bertz CT molecular complexity index is 564. The zero-order valence-corrected chi connectivity index (χ0v) is 10.9. The first-order chi connectivity index (χ1) is 9.79. The lowest BCUT2D eigenvalue weighted by atomic mass is 10.1. The van der Waals surface area contributed by atoms with Gasteiger partial charge < -0.3 is 10.1 Å². The van der Waals surface area contributed by atoms with Crippen LogP contribution >= 0.6 is 0 Å². The first-order valence-corrected chi connectivity index (χ1v) is 6.31. The van der Waals surface area contributed by atoms with Gasteiger partial charge in [-0.05, 0) is 24.3 Å². The summed E-state index contributed by atoms with van der Waals surface area (Å²) in [5, 5.41) is 2.75. The number of aldehydes is 1. The molecule has 4 heteroatoms. The monoisotopic (exact) mass is 269 g/mol. The van der Waals surface area contributed by atoms with Crippen LogP contribution in [0, 0.1) is 0 Å². The predicted molar refractivity (Wildman–Crippen MR) is 76.1 cm³/mol. The summed E-state index contributed by atoms with van der Waals surface area (Å²) in [5.41, 5.74) is 1.07. The lowest BCUT2D eigenvalue weighted by molar-refractivity contribution is 0.0946. The summed E-state index contributed by atoms with van der Waals surface area (Å²) in [6.07, 6.45) is 0.745. The van der Waals surface area contributed by atoms with Crippen molar-refractivity contribution in [1.82, 2.24) is 5.32 Å². The molecular weight excluding hydrogens is 254 g/mol. The van der Waals surface area contributed by atoms with Crippen molar-refractivity contribution in [3.05, 3.63) is 65.7 Å². The molecule has 0 radical (unpaired) electrons. The number of amides is 1. The van der Waals surface area contributed by atoms with Crippen molar-refractivity contribution < 1.29 is 14.3 Å². The molecule has 0 aliphatic rings. The number of hydrogen-bond donors (Lipinski definition) is 1. The minimum atomic E-state index is -0.181. The number of carbonyl (C=O) groups excluding carboxylic acids is 2. The van der Waals surface area contributed by atoms with E-state index < -0.39 is 0 Å². The molecule has 102 valence electrons. The van der Waals surface area contributed by atoms with Gasteiger partial charge in [0.05, 0.1) is 6.54 Å². The average molecular weight is 269 g/mol. The third-order valence-electron chi connectivity index (χ3n) is 2.71. The number of carbonyl (C=O) groups is 2. The van der Waals surface area contributed by atoms with E-state index in [1.165, 1.54) is 0 Å². The second-order valence-electron chi connectivity index (χ2n) is 4.16. The van der Waals surface area contributed by atoms with Gasteiger partial charge in [-0.1, -0.05) is 30.3 Å². The maximum Gasteiger partial charge on any atom is 0.251 e. The van der Waals surface area contributed by atoms with Crippen molar-refractivity contribution in [2.75, 3.05) is 13.2 Å². The van der Waals surface area contributed by atoms with Gasteiger partial charge in [0.2, 0.25) is 0 Å². The molecule has 0 aliphatic carbocycles. The molecule has 0 fully saturated rings. The quantitative estimate of drug-likeness (QED) is 0.646. The highest BCUT2D eigenvalue weighted by Gasteiger charge is 2.04. The summed E-state index contributed by atoms with van der Waals surface area (Å²) < 4.78 is 5.47. The summed E-state index contributed by atoms with van der Waals surface area (Å²) in [4.78, 5) is 22.3. The van der Waals surface area contributed by atoms with E-state index in [1.807, 2.05) is 30.3 Å². The van der Waals surface area contributed by atoms with Crippen molar-refractivity contribution in [1.29, 1.82) is 0 Å². The Labute approximate surface area is 117 Å². The summed E-state index contributed by atoms with van der Waals surface area (Å²) in [5.74, 6) is 0.594. The normalized spacial score (nSPS) is 9.80. The zero-order chi connectivity index (χ0) is 14.2. The molecule has 20 heavy (non-hydrogen) atoms. The van der Waals surface area contributed by atoms with Gasteiger partial charge in [0.15, 0.2) is 0 Å². The SMILES string of the molecule is O=Cc1ccc(C(=O)NCCOc2ccccc2)cc1. The maximum absolute atomic E-state index is 11.8. The topological polar surface area (TPSA) is 55.4 Å². The standard InChI is InChI=1S/C16H15NO3/c18-12-13-6-8-14(9-7-13)16(19)17-10-11-20-15-4-2-1-3-5-15/h1-9,12H,10-11H2,(H,17,19). The molecule has 0 bridgehead atoms. The van der Waals surface area contributed by atoms with Gasteiger partial charge in [0, 0.05) is 11.1 Å². The van der Waals surface area contributed by atoms with E-state index in [0.29, 0.717) is 24.3 Å². The zero-order valence-electron chi connectivity index (χ0n) is 10.9. The molecule has 0 saturated heterocycles. The largest absolute Gasteiger partial charge is 0.492 e. The van der Waals surface area contributed by atoms with Crippen LogP contribution in [0.1, 0.15) is 20.7 Å². The number of para-hydroxylation sites is 1. The van der Waals surface area contributed by atoms with Gasteiger partial charge in [-0.2, -0.15) is 0 Å². The summed E-state index contributed by atoms with van der Waals surface area (Å²) in [6.45, 7) is 0.825. The number of nitrogens with one attached hydrogen (secondary N) is 1. The fraction of sp³-hybridized carbons (Fsp3) is 0.125. The first kappa shape index (κ1) is 13.8. The van der Waals surface area contributed by atoms with Gasteiger partial charge in [-0.3, -0.25) is 9.59 Å². The Morgan fingerprint density at radius 3 is 2.40 bits per heavy atom. The molecule has 2 rings (SSSR count). The number of hydrogen-bond acceptors (Lipinski definition) is 3. The average Bonchev–Trinajstić information content (AvgIpc) is 2.52. The molecule has 0 aliphatic heterocycles. The molecule has 0 spiro atoms. The summed E-state index contributed by atoms with van der Waals surface area (Å²) in [7, 11) is 0. The van der Waals surface area contributed by atoms with Crippen LogP contribution < -0.4 is 10.1 Å². The van der Waals surface area contributed by atoms with E-state index in [1.54, 1.807) is 24.3 Å². The van der Waals surface area contributed by atoms with Crippen molar-refractivity contribution in [3.8, 4) is 5.75 Å². The highest BCUT2D eigenvalue weighted by molar-refractivity contribution is 5.94. The van der Waals surface area contributed by atoms with Crippen molar-refractivity contribution in [2.24, 2.45) is 0 Å². The minimum Gasteiger partial charge on any atom is -0.492 e. The molecule has 2 aromatic rings. The first-order valence-electron chi connectivity index (χ1n) is 6.31. The van der Waals surface area contributed by atoms with Crippen LogP contribution in [0.25, 0.3) is 0 Å². The predicted octanol–water partition coefficient (Wildman–Crippen LogP) is 2.31. The highest BCUT2D eigenvalue weighted by atomic mass is 16.5. The fourth-order valence-corrected chi connectivity index (χ4v) is 1.67. The second kappa shape index (κ2) is 7.09. The van der Waals surface area contributed by atoms with Crippen LogP contribution in [0.3, 0.4) is 0 Å². The Kier molecular flexibility index (Phi) is 4.89. The van der Waals surface area contributed by atoms with E-state index >= 15 is 0 Å². The van der Waals surface area contributed by atoms with Crippen molar-refractivity contribution >= 4 is 12.2 Å². The van der Waals surface area contributed by atoms with Gasteiger partial charge in [-0.15, -0.1) is 0 Å². The Morgan fingerprint density at radius 1 is 1.05 bits per heavy atom. The fourth-order valence-electron chi connectivity index (χ4n) is 1.67. The Morgan fingerprint density at radius 2 is 1.75 bits per heavy atom. The van der Waals surface area contributed by atoms with Crippen LogP contribution in [0.15, 0.2) is 54.6 Å².